The fourth-order valence-electron chi connectivity index (χ4n) is 1.25. The summed E-state index contributed by atoms with van der Waals surface area (Å²) in [7, 11) is 0. The molecule has 0 aromatic heterocycles. The van der Waals surface area contributed by atoms with Crippen molar-refractivity contribution in [2.24, 2.45) is 5.92 Å². The zero-order valence-electron chi connectivity index (χ0n) is 6.17. The van der Waals surface area contributed by atoms with E-state index >= 15 is 0 Å². The van der Waals surface area contributed by atoms with Gasteiger partial charge in [0.25, 0.3) is 0 Å². The van der Waals surface area contributed by atoms with E-state index < -0.39 is 11.8 Å². The lowest BCUT2D eigenvalue weighted by atomic mass is 9.95. The van der Waals surface area contributed by atoms with Gasteiger partial charge in [0.05, 0.1) is 0 Å². The molecule has 4 heteroatoms. The number of carbonyl (C=O) groups is 2. The molecule has 0 aromatic carbocycles. The van der Waals surface area contributed by atoms with Gasteiger partial charge in [-0.15, -0.1) is 0 Å². The highest BCUT2D eigenvalue weighted by Gasteiger charge is 2.25. The lowest BCUT2D eigenvalue weighted by Crippen LogP contribution is -2.37. The number of ketones is 1. The highest BCUT2D eigenvalue weighted by Crippen LogP contribution is 2.10. The zero-order valence-corrected chi connectivity index (χ0v) is 6.17. The minimum atomic E-state index is -1.31. The summed E-state index contributed by atoms with van der Waals surface area (Å²) in [6.45, 7) is 1.41. The topological polar surface area (TPSA) is 66.4 Å². The molecule has 1 heterocycles. The average Bonchev–Trinajstić information content (AvgIpc) is 2.05. The van der Waals surface area contributed by atoms with E-state index in [2.05, 4.69) is 5.32 Å². The molecule has 0 aromatic rings. The lowest BCUT2D eigenvalue weighted by Gasteiger charge is -2.19. The average molecular weight is 157 g/mol. The van der Waals surface area contributed by atoms with E-state index in [-0.39, 0.29) is 5.92 Å². The summed E-state index contributed by atoms with van der Waals surface area (Å²) < 4.78 is 0. The summed E-state index contributed by atoms with van der Waals surface area (Å²) >= 11 is 0. The van der Waals surface area contributed by atoms with Crippen LogP contribution in [-0.4, -0.2) is 29.9 Å². The van der Waals surface area contributed by atoms with Crippen molar-refractivity contribution in [2.45, 2.75) is 12.8 Å². The van der Waals surface area contributed by atoms with E-state index in [1.54, 1.807) is 0 Å². The Morgan fingerprint density at radius 2 is 2.18 bits per heavy atom. The third-order valence-corrected chi connectivity index (χ3v) is 1.88. The number of Topliss-reactive ketones (excluding diaryl/α,β-unsaturated/α-hetero) is 1. The van der Waals surface area contributed by atoms with Gasteiger partial charge in [-0.05, 0) is 19.4 Å². The van der Waals surface area contributed by atoms with Gasteiger partial charge >= 0.3 is 5.97 Å². The fraction of sp³-hybridized carbons (Fsp3) is 0.714. The molecule has 2 N–H and O–H groups in total. The van der Waals surface area contributed by atoms with Crippen molar-refractivity contribution in [3.05, 3.63) is 0 Å². The summed E-state index contributed by atoms with van der Waals surface area (Å²) in [6, 6.07) is 0. The smallest absolute Gasteiger partial charge is 0.372 e. The maximum Gasteiger partial charge on any atom is 0.372 e. The number of hydrogen-bond donors (Lipinski definition) is 2. The molecule has 1 atom stereocenters. The number of nitrogens with one attached hydrogen (secondary N) is 1. The van der Waals surface area contributed by atoms with E-state index in [0.29, 0.717) is 13.0 Å². The summed E-state index contributed by atoms with van der Waals surface area (Å²) in [5.41, 5.74) is 0. The summed E-state index contributed by atoms with van der Waals surface area (Å²) in [5.74, 6) is -2.27. The van der Waals surface area contributed by atoms with Gasteiger partial charge in [-0.1, -0.05) is 0 Å². The summed E-state index contributed by atoms with van der Waals surface area (Å²) in [5, 5.41) is 11.3. The van der Waals surface area contributed by atoms with E-state index in [4.69, 9.17) is 5.11 Å². The third kappa shape index (κ3) is 2.01. The van der Waals surface area contributed by atoms with Gasteiger partial charge in [0.2, 0.25) is 5.78 Å². The van der Waals surface area contributed by atoms with Crippen molar-refractivity contribution in [3.63, 3.8) is 0 Å². The molecule has 11 heavy (non-hydrogen) atoms. The molecule has 1 fully saturated rings. The molecular weight excluding hydrogens is 146 g/mol. The molecule has 0 spiro atoms. The van der Waals surface area contributed by atoms with Crippen LogP contribution in [0.4, 0.5) is 0 Å². The normalized spacial score (nSPS) is 24.5. The van der Waals surface area contributed by atoms with Gasteiger partial charge in [-0.2, -0.15) is 0 Å². The molecule has 0 bridgehead atoms. The van der Waals surface area contributed by atoms with Crippen LogP contribution >= 0.6 is 0 Å². The number of carboxylic acid groups (broad SMARTS) is 1. The number of aliphatic carboxylic acids is 1. The van der Waals surface area contributed by atoms with Gasteiger partial charge in [0, 0.05) is 12.5 Å². The number of carboxylic acids is 1. The van der Waals surface area contributed by atoms with Crippen molar-refractivity contribution in [2.75, 3.05) is 13.1 Å². The van der Waals surface area contributed by atoms with Crippen LogP contribution in [0.2, 0.25) is 0 Å². The van der Waals surface area contributed by atoms with Crippen molar-refractivity contribution in [3.8, 4) is 0 Å². The molecular formula is C7H11NO3. The lowest BCUT2D eigenvalue weighted by molar-refractivity contribution is -0.151. The Labute approximate surface area is 64.6 Å². The van der Waals surface area contributed by atoms with Gasteiger partial charge < -0.3 is 10.4 Å². The SMILES string of the molecule is O=C(O)C(=O)C1CCCNC1. The van der Waals surface area contributed by atoms with Crippen LogP contribution in [0.3, 0.4) is 0 Å². The Morgan fingerprint density at radius 1 is 1.45 bits per heavy atom. The number of carbonyl (C=O) groups excluding carboxylic acids is 1. The quantitative estimate of drug-likeness (QED) is 0.537. The van der Waals surface area contributed by atoms with Crippen molar-refractivity contribution >= 4 is 11.8 Å². The monoisotopic (exact) mass is 157 g/mol. The van der Waals surface area contributed by atoms with E-state index in [9.17, 15) is 9.59 Å². The van der Waals surface area contributed by atoms with E-state index in [1.807, 2.05) is 0 Å². The molecule has 62 valence electrons. The largest absolute Gasteiger partial charge is 0.475 e. The van der Waals surface area contributed by atoms with Crippen LogP contribution < -0.4 is 5.32 Å². The summed E-state index contributed by atoms with van der Waals surface area (Å²) in [6.07, 6.45) is 1.60. The second kappa shape index (κ2) is 3.48. The first kappa shape index (κ1) is 8.20. The first-order valence-corrected chi connectivity index (χ1v) is 3.69. The van der Waals surface area contributed by atoms with Gasteiger partial charge in [0.15, 0.2) is 0 Å². The molecule has 0 radical (unpaired) electrons. The Balaban J connectivity index is 2.45. The van der Waals surface area contributed by atoms with Crippen molar-refractivity contribution < 1.29 is 14.7 Å². The van der Waals surface area contributed by atoms with Gasteiger partial charge in [0.1, 0.15) is 0 Å². The van der Waals surface area contributed by atoms with E-state index in [1.165, 1.54) is 0 Å². The van der Waals surface area contributed by atoms with Crippen molar-refractivity contribution in [1.82, 2.24) is 5.32 Å². The van der Waals surface area contributed by atoms with Crippen LogP contribution in [0.15, 0.2) is 0 Å². The zero-order chi connectivity index (χ0) is 8.27. The minimum Gasteiger partial charge on any atom is -0.475 e. The molecule has 1 aliphatic rings. The maximum atomic E-state index is 10.9. The predicted molar refractivity (Wildman–Crippen MR) is 38.2 cm³/mol. The first-order chi connectivity index (χ1) is 5.22. The predicted octanol–water partition coefficient (Wildman–Crippen LogP) is -0.360. The second-order valence-electron chi connectivity index (χ2n) is 2.71. The first-order valence-electron chi connectivity index (χ1n) is 3.69. The van der Waals surface area contributed by atoms with E-state index in [0.717, 1.165) is 13.0 Å². The minimum absolute atomic E-state index is 0.304. The standard InChI is InChI=1S/C7H11NO3/c9-6(7(10)11)5-2-1-3-8-4-5/h5,8H,1-4H2,(H,10,11). The molecule has 4 nitrogen and oxygen atoms in total. The molecule has 1 unspecified atom stereocenters. The summed E-state index contributed by atoms with van der Waals surface area (Å²) in [4.78, 5) is 21.1. The maximum absolute atomic E-state index is 10.9. The highest BCUT2D eigenvalue weighted by molar-refractivity contribution is 6.33. The third-order valence-electron chi connectivity index (χ3n) is 1.88. The van der Waals surface area contributed by atoms with Gasteiger partial charge in [-0.25, -0.2) is 4.79 Å². The number of hydrogen-bond acceptors (Lipinski definition) is 3. The van der Waals surface area contributed by atoms with Crippen molar-refractivity contribution in [1.29, 1.82) is 0 Å². The van der Waals surface area contributed by atoms with Crippen LogP contribution in [-0.2, 0) is 9.59 Å². The number of rotatable bonds is 2. The Bertz CT molecular complexity index is 173. The Morgan fingerprint density at radius 3 is 2.64 bits per heavy atom. The van der Waals surface area contributed by atoms with Gasteiger partial charge in [-0.3, -0.25) is 4.79 Å². The Hall–Kier alpha value is -0.900. The second-order valence-corrected chi connectivity index (χ2v) is 2.71. The molecule has 1 aliphatic heterocycles. The van der Waals surface area contributed by atoms with Crippen LogP contribution in [0.1, 0.15) is 12.8 Å². The highest BCUT2D eigenvalue weighted by atomic mass is 16.4. The molecule has 1 saturated heterocycles. The fourth-order valence-corrected chi connectivity index (χ4v) is 1.25. The number of piperidine rings is 1. The van der Waals surface area contributed by atoms with Crippen LogP contribution in [0.5, 0.6) is 0 Å². The molecule has 1 rings (SSSR count). The Kier molecular flexibility index (Phi) is 2.59. The van der Waals surface area contributed by atoms with Crippen LogP contribution in [0.25, 0.3) is 0 Å². The molecule has 0 saturated carbocycles. The molecule has 0 aliphatic carbocycles. The van der Waals surface area contributed by atoms with Crippen LogP contribution in [0, 0.1) is 5.92 Å². The molecule has 0 amide bonds.